The second-order valence-corrected chi connectivity index (χ2v) is 14.9. The van der Waals surface area contributed by atoms with Gasteiger partial charge in [-0.3, -0.25) is 0 Å². The average molecular weight is 495 g/mol. The fraction of sp³-hybridized carbons (Fsp3) is 0.480. The number of rotatable bonds is 6. The molecule has 0 N–H and O–H groups in total. The summed E-state index contributed by atoms with van der Waals surface area (Å²) in [5.74, 6) is -3.99. The van der Waals surface area contributed by atoms with Gasteiger partial charge >= 0.3 is 6.09 Å². The van der Waals surface area contributed by atoms with Crippen LogP contribution in [0.3, 0.4) is 0 Å². The van der Waals surface area contributed by atoms with Gasteiger partial charge in [0.25, 0.3) is 0 Å². The minimum Gasteiger partial charge on any atom is -0.445 e. The summed E-state index contributed by atoms with van der Waals surface area (Å²) in [7, 11) is -2.13. The summed E-state index contributed by atoms with van der Waals surface area (Å²) in [6.07, 6.45) is -0.461. The summed E-state index contributed by atoms with van der Waals surface area (Å²) in [6, 6.07) is 11.0. The highest BCUT2D eigenvalue weighted by atomic mass is 28.4. The van der Waals surface area contributed by atoms with Gasteiger partial charge in [-0.15, -0.1) is 0 Å². The van der Waals surface area contributed by atoms with E-state index in [-0.39, 0.29) is 36.5 Å². The molecule has 1 saturated heterocycles. The van der Waals surface area contributed by atoms with Crippen LogP contribution in [0.25, 0.3) is 0 Å². The predicted molar refractivity (Wildman–Crippen MR) is 129 cm³/mol. The summed E-state index contributed by atoms with van der Waals surface area (Å²) < 4.78 is 53.3. The molecule has 1 aliphatic rings. The molecule has 1 atom stereocenters. The Hall–Kier alpha value is -2.52. The number of halogens is 3. The first kappa shape index (κ1) is 26.1. The van der Waals surface area contributed by atoms with E-state index >= 15 is 0 Å². The van der Waals surface area contributed by atoms with Gasteiger partial charge in [-0.1, -0.05) is 51.1 Å². The molecule has 0 saturated carbocycles. The third kappa shape index (κ3) is 6.12. The number of carbonyl (C=O) groups excluding carboxylic acids is 1. The maximum atomic E-state index is 14.0. The molecule has 0 radical (unpaired) electrons. The lowest BCUT2D eigenvalue weighted by molar-refractivity contribution is 0.0841. The van der Waals surface area contributed by atoms with Crippen LogP contribution in [0.4, 0.5) is 23.7 Å². The van der Waals surface area contributed by atoms with Gasteiger partial charge in [-0.2, -0.15) is 0 Å². The summed E-state index contributed by atoms with van der Waals surface area (Å²) >= 11 is 0. The zero-order valence-corrected chi connectivity index (χ0v) is 21.4. The van der Waals surface area contributed by atoms with E-state index in [4.69, 9.17) is 9.16 Å². The van der Waals surface area contributed by atoms with Crippen molar-refractivity contribution in [3.63, 3.8) is 0 Å². The molecule has 0 spiro atoms. The van der Waals surface area contributed by atoms with Crippen molar-refractivity contribution in [2.45, 2.75) is 51.6 Å². The van der Waals surface area contributed by atoms with Crippen LogP contribution < -0.4 is 4.90 Å². The zero-order chi connectivity index (χ0) is 25.1. The van der Waals surface area contributed by atoms with Gasteiger partial charge in [-0.05, 0) is 23.7 Å². The Bertz CT molecular complexity index is 976. The molecule has 1 amide bonds. The predicted octanol–water partition coefficient (Wildman–Crippen LogP) is 5.95. The van der Waals surface area contributed by atoms with Gasteiger partial charge in [-0.25, -0.2) is 18.0 Å². The summed E-state index contributed by atoms with van der Waals surface area (Å²) in [5.41, 5.74) is 1.10. The standard InChI is InChI=1S/C25H33F3N2O3Si/c1-25(2,3)34(4,5)33-17-20-15-29(24(31)32-16-18-9-7-6-8-10-18)11-12-30(20)19-13-21(26)23(28)22(27)14-19/h6-10,13-14,20H,11-12,15-17H2,1-5H3/t20-/m0/s1. The quantitative estimate of drug-likeness (QED) is 0.367. The Balaban J connectivity index is 1.77. The van der Waals surface area contributed by atoms with Crippen LogP contribution in [0.1, 0.15) is 26.3 Å². The number of hydrogen-bond donors (Lipinski definition) is 0. The monoisotopic (exact) mass is 494 g/mol. The lowest BCUT2D eigenvalue weighted by Gasteiger charge is -2.44. The van der Waals surface area contributed by atoms with E-state index in [1.807, 2.05) is 30.3 Å². The van der Waals surface area contributed by atoms with Crippen molar-refractivity contribution in [2.75, 3.05) is 31.1 Å². The number of piperazine rings is 1. The van der Waals surface area contributed by atoms with Crippen molar-refractivity contribution >= 4 is 20.1 Å². The van der Waals surface area contributed by atoms with Crippen LogP contribution in [-0.4, -0.2) is 51.6 Å². The number of nitrogens with zero attached hydrogens (tertiary/aromatic N) is 2. The fourth-order valence-electron chi connectivity index (χ4n) is 3.54. The van der Waals surface area contributed by atoms with Crippen molar-refractivity contribution in [3.05, 3.63) is 65.5 Å². The molecule has 186 valence electrons. The van der Waals surface area contributed by atoms with Gasteiger partial charge in [0.05, 0.1) is 12.6 Å². The van der Waals surface area contributed by atoms with E-state index in [1.165, 1.54) is 0 Å². The molecule has 2 aromatic rings. The first-order valence-corrected chi connectivity index (χ1v) is 14.3. The van der Waals surface area contributed by atoms with Gasteiger partial charge < -0.3 is 19.0 Å². The molecule has 3 rings (SSSR count). The van der Waals surface area contributed by atoms with Crippen LogP contribution in [0.15, 0.2) is 42.5 Å². The lowest BCUT2D eigenvalue weighted by atomic mass is 10.1. The molecular weight excluding hydrogens is 461 g/mol. The third-order valence-electron chi connectivity index (χ3n) is 6.69. The van der Waals surface area contributed by atoms with Crippen molar-refractivity contribution in [2.24, 2.45) is 0 Å². The molecule has 5 nitrogen and oxygen atoms in total. The Morgan fingerprint density at radius 2 is 1.68 bits per heavy atom. The molecule has 0 bridgehead atoms. The summed E-state index contributed by atoms with van der Waals surface area (Å²) in [5, 5.41) is -0.0328. The molecule has 1 heterocycles. The molecule has 34 heavy (non-hydrogen) atoms. The number of carbonyl (C=O) groups is 1. The Labute approximate surface area is 200 Å². The second-order valence-electron chi connectivity index (χ2n) is 10.1. The molecule has 2 aromatic carbocycles. The average Bonchev–Trinajstić information content (AvgIpc) is 2.79. The number of ether oxygens (including phenoxy) is 1. The number of amides is 1. The molecular formula is C25H33F3N2O3Si. The van der Waals surface area contributed by atoms with Crippen LogP contribution >= 0.6 is 0 Å². The number of hydrogen-bond acceptors (Lipinski definition) is 4. The Morgan fingerprint density at radius 3 is 2.26 bits per heavy atom. The maximum Gasteiger partial charge on any atom is 0.410 e. The highest BCUT2D eigenvalue weighted by Gasteiger charge is 2.39. The van der Waals surface area contributed by atoms with Crippen LogP contribution in [0, 0.1) is 17.5 Å². The van der Waals surface area contributed by atoms with Gasteiger partial charge in [0.15, 0.2) is 25.8 Å². The van der Waals surface area contributed by atoms with Crippen LogP contribution in [-0.2, 0) is 15.8 Å². The van der Waals surface area contributed by atoms with Crippen molar-refractivity contribution in [1.82, 2.24) is 4.90 Å². The first-order valence-electron chi connectivity index (χ1n) is 11.4. The van der Waals surface area contributed by atoms with Crippen LogP contribution in [0.5, 0.6) is 0 Å². The van der Waals surface area contributed by atoms with E-state index in [2.05, 4.69) is 33.9 Å². The van der Waals surface area contributed by atoms with Crippen molar-refractivity contribution in [3.8, 4) is 0 Å². The first-order chi connectivity index (χ1) is 15.9. The zero-order valence-electron chi connectivity index (χ0n) is 20.4. The normalized spacial score (nSPS) is 17.1. The number of anilines is 1. The number of benzene rings is 2. The molecule has 0 unspecified atom stereocenters. The molecule has 1 fully saturated rings. The van der Waals surface area contributed by atoms with Crippen LogP contribution in [0.2, 0.25) is 18.1 Å². The van der Waals surface area contributed by atoms with Crippen molar-refractivity contribution < 1.29 is 27.1 Å². The minimum atomic E-state index is -2.13. The maximum absolute atomic E-state index is 14.0. The van der Waals surface area contributed by atoms with E-state index in [1.54, 1.807) is 9.80 Å². The van der Waals surface area contributed by atoms with Gasteiger partial charge in [0.2, 0.25) is 0 Å². The summed E-state index contributed by atoms with van der Waals surface area (Å²) in [4.78, 5) is 16.1. The third-order valence-corrected chi connectivity index (χ3v) is 11.2. The molecule has 0 aromatic heterocycles. The van der Waals surface area contributed by atoms with Crippen molar-refractivity contribution in [1.29, 1.82) is 0 Å². The minimum absolute atomic E-state index is 0.0328. The van der Waals surface area contributed by atoms with Gasteiger partial charge in [0.1, 0.15) is 6.61 Å². The second kappa shape index (κ2) is 10.4. The molecule has 9 heteroatoms. The lowest BCUT2D eigenvalue weighted by Crippen LogP contribution is -2.58. The smallest absolute Gasteiger partial charge is 0.410 e. The molecule has 1 aliphatic heterocycles. The molecule has 0 aliphatic carbocycles. The topological polar surface area (TPSA) is 42.0 Å². The SMILES string of the molecule is CC(C)(C)[Si](C)(C)OC[C@@H]1CN(C(=O)OCc2ccccc2)CCN1c1cc(F)c(F)c(F)c1. The van der Waals surface area contributed by atoms with E-state index < -0.39 is 31.9 Å². The highest BCUT2D eigenvalue weighted by Crippen LogP contribution is 2.37. The largest absolute Gasteiger partial charge is 0.445 e. The Morgan fingerprint density at radius 1 is 1.06 bits per heavy atom. The summed E-state index contributed by atoms with van der Waals surface area (Å²) in [6.45, 7) is 11.9. The van der Waals surface area contributed by atoms with Gasteiger partial charge in [0, 0.05) is 37.5 Å². The Kier molecular flexibility index (Phi) is 7.97. The fourth-order valence-corrected chi connectivity index (χ4v) is 4.59. The van der Waals surface area contributed by atoms with E-state index in [0.717, 1.165) is 17.7 Å². The van der Waals surface area contributed by atoms with E-state index in [9.17, 15) is 18.0 Å². The highest BCUT2D eigenvalue weighted by molar-refractivity contribution is 6.74. The van der Waals surface area contributed by atoms with E-state index in [0.29, 0.717) is 13.1 Å².